The Morgan fingerprint density at radius 2 is 1.42 bits per heavy atom. The zero-order chi connectivity index (χ0) is 15.6. The average molecular weight is 442 g/mol. The van der Waals surface area contributed by atoms with Crippen LogP contribution in [0.1, 0.15) is 26.7 Å². The fourth-order valence-corrected chi connectivity index (χ4v) is 1.47. The van der Waals surface area contributed by atoms with Gasteiger partial charge in [-0.2, -0.15) is 11.8 Å². The van der Waals surface area contributed by atoms with Crippen molar-refractivity contribution in [2.75, 3.05) is 31.1 Å². The van der Waals surface area contributed by atoms with Gasteiger partial charge >= 0.3 is 29.6 Å². The molecule has 0 aliphatic heterocycles. The van der Waals surface area contributed by atoms with Crippen LogP contribution in [0.25, 0.3) is 0 Å². The summed E-state index contributed by atoms with van der Waals surface area (Å²) in [6, 6.07) is 0. The van der Waals surface area contributed by atoms with Crippen molar-refractivity contribution < 1.29 is 72.7 Å². The molecule has 0 aromatic carbocycles. The van der Waals surface area contributed by atoms with E-state index in [1.165, 1.54) is 12.2 Å². The molecular weight excluding hydrogens is 418 g/mol. The van der Waals surface area contributed by atoms with Gasteiger partial charge < -0.3 is 5.11 Å². The van der Waals surface area contributed by atoms with Crippen molar-refractivity contribution in [1.82, 2.24) is 0 Å². The monoisotopic (exact) mass is 442 g/mol. The van der Waals surface area contributed by atoms with Crippen molar-refractivity contribution in [3.63, 3.8) is 0 Å². The largest absolute Gasteiger partial charge is 1.00 e. The Bertz CT molecular complexity index is 152. The van der Waals surface area contributed by atoms with E-state index in [1.54, 1.807) is 6.26 Å². The number of aliphatic hydroxyl groups excluding tert-OH is 1. The Morgan fingerprint density at radius 1 is 1.11 bits per heavy atom. The molecule has 1 atom stereocenters. The van der Waals surface area contributed by atoms with E-state index >= 15 is 0 Å². The first-order valence-electron chi connectivity index (χ1n) is 5.04. The molecule has 0 fully saturated rings. The number of hydrogen-bond acceptors (Lipinski definition) is 7. The second-order valence-corrected chi connectivity index (χ2v) is 7.35. The molecule has 0 spiro atoms. The van der Waals surface area contributed by atoms with Gasteiger partial charge in [-0.05, 0) is 24.9 Å². The van der Waals surface area contributed by atoms with E-state index in [0.717, 1.165) is 19.3 Å². The summed E-state index contributed by atoms with van der Waals surface area (Å²) >= 11 is -4.04. The van der Waals surface area contributed by atoms with Crippen molar-refractivity contribution in [2.45, 2.75) is 26.7 Å². The quantitative estimate of drug-likeness (QED) is 0.338. The molecule has 0 heterocycles. The van der Waals surface area contributed by atoms with Crippen LogP contribution in [0.5, 0.6) is 0 Å². The summed E-state index contributed by atoms with van der Waals surface area (Å²) in [4.78, 5) is 0. The van der Waals surface area contributed by atoms with E-state index in [2.05, 4.69) is 13.2 Å². The van der Waals surface area contributed by atoms with Crippen LogP contribution in [-0.4, -0.2) is 40.4 Å². The third kappa shape index (κ3) is 132. The fourth-order valence-electron chi connectivity index (χ4n) is 0.492. The molecule has 0 saturated heterocycles. The first kappa shape index (κ1) is 32.8. The van der Waals surface area contributed by atoms with Gasteiger partial charge in [0.2, 0.25) is 0 Å². The zero-order valence-corrected chi connectivity index (χ0v) is 18.3. The summed E-state index contributed by atoms with van der Waals surface area (Å²) in [6.07, 6.45) is 6.19. The second-order valence-electron chi connectivity index (χ2n) is 2.65. The van der Waals surface area contributed by atoms with Gasteiger partial charge in [0.05, 0.1) is 0 Å². The van der Waals surface area contributed by atoms with E-state index in [0.29, 0.717) is 0 Å². The predicted molar refractivity (Wildman–Crippen MR) is 66.0 cm³/mol. The molecule has 0 bridgehead atoms. The second kappa shape index (κ2) is 28.2. The maximum absolute atomic E-state index is 10.2. The smallest absolute Gasteiger partial charge is 0.400 e. The topological polar surface area (TPSA) is 130 Å². The SMILES string of the molecule is CCCS(C)=O.CCCSC.CO.[Na+].[O-][I+3]([O-])([O-])[O-]. The minimum Gasteiger partial charge on any atom is -0.400 e. The fraction of sp³-hybridized carbons (Fsp3) is 1.00. The molecule has 0 amide bonds. The maximum atomic E-state index is 10.2. The molecule has 1 unspecified atom stereocenters. The molecule has 0 aromatic heterocycles. The number of aliphatic hydroxyl groups is 1. The van der Waals surface area contributed by atoms with E-state index < -0.39 is 30.9 Å². The van der Waals surface area contributed by atoms with Gasteiger partial charge in [0.15, 0.2) is 0 Å². The summed E-state index contributed by atoms with van der Waals surface area (Å²) < 4.78 is 44.6. The van der Waals surface area contributed by atoms with Crippen LogP contribution in [0.15, 0.2) is 0 Å². The van der Waals surface area contributed by atoms with Crippen LogP contribution in [0.3, 0.4) is 0 Å². The van der Waals surface area contributed by atoms with Crippen LogP contribution in [0.4, 0.5) is 0 Å². The van der Waals surface area contributed by atoms with Crippen molar-refractivity contribution in [1.29, 1.82) is 0 Å². The molecule has 0 aromatic rings. The first-order chi connectivity index (χ1) is 8.18. The Balaban J connectivity index is -0.0000000474. The first-order valence-corrected chi connectivity index (χ1v) is 11.7. The number of hydrogen-bond donors (Lipinski definition) is 1. The molecule has 0 saturated carbocycles. The third-order valence-corrected chi connectivity index (χ3v) is 2.70. The molecule has 0 radical (unpaired) electrons. The van der Waals surface area contributed by atoms with Gasteiger partial charge in [-0.15, -0.1) is 0 Å². The van der Waals surface area contributed by atoms with E-state index in [-0.39, 0.29) is 29.6 Å². The predicted octanol–water partition coefficient (Wildman–Crippen LogP) is -8.61. The van der Waals surface area contributed by atoms with Crippen molar-refractivity contribution in [3.05, 3.63) is 0 Å². The van der Waals surface area contributed by atoms with Crippen LogP contribution >= 0.6 is 11.8 Å². The average Bonchev–Trinajstić information content (AvgIpc) is 2.20. The Labute approximate surface area is 151 Å². The van der Waals surface area contributed by atoms with E-state index in [1.807, 2.05) is 18.7 Å². The van der Waals surface area contributed by atoms with Crippen LogP contribution in [0.2, 0.25) is 0 Å². The summed E-state index contributed by atoms with van der Waals surface area (Å²) in [6.45, 7) is 4.22. The third-order valence-electron chi connectivity index (χ3n) is 0.900. The molecule has 116 valence electrons. The number of thioether (sulfide) groups is 1. The van der Waals surface area contributed by atoms with Gasteiger partial charge in [-0.25, -0.2) is 0 Å². The Morgan fingerprint density at radius 3 is 1.42 bits per heavy atom. The minimum atomic E-state index is -5.94. The van der Waals surface area contributed by atoms with Crippen molar-refractivity contribution in [3.8, 4) is 0 Å². The molecule has 6 nitrogen and oxygen atoms in total. The normalized spacial score (nSPS) is 10.2. The Hall–Kier alpha value is 2.03. The maximum Gasteiger partial charge on any atom is 1.00 e. The Kier molecular flexibility index (Phi) is 48.8. The van der Waals surface area contributed by atoms with E-state index in [4.69, 9.17) is 18.9 Å². The molecular formula is C9H24INaO6S2. The standard InChI is InChI=1S/C4H10OS.C4H10S.CH4O.IO4.Na/c1-3-4-6(2)5;1-3-4-5-2;1-2;2-1(3,4)5;/h3-4H2,1-2H3;3-4H2,1-2H3;2H,1H3;;/q;;;-1;+1. The number of halogens is 1. The van der Waals surface area contributed by atoms with Gasteiger partial charge in [0, 0.05) is 29.9 Å². The van der Waals surface area contributed by atoms with Gasteiger partial charge in [-0.1, -0.05) is 13.8 Å². The van der Waals surface area contributed by atoms with Crippen molar-refractivity contribution in [2.24, 2.45) is 0 Å². The summed E-state index contributed by atoms with van der Waals surface area (Å²) in [5.41, 5.74) is 0. The van der Waals surface area contributed by atoms with Gasteiger partial charge in [0.25, 0.3) is 0 Å². The van der Waals surface area contributed by atoms with E-state index in [9.17, 15) is 4.21 Å². The molecule has 0 aliphatic carbocycles. The van der Waals surface area contributed by atoms with Crippen LogP contribution in [0, 0.1) is 0 Å². The van der Waals surface area contributed by atoms with Crippen molar-refractivity contribution >= 4 is 22.6 Å². The van der Waals surface area contributed by atoms with Crippen LogP contribution < -0.4 is 63.4 Å². The summed E-state index contributed by atoms with van der Waals surface area (Å²) in [5, 5.41) is 7.00. The molecule has 19 heavy (non-hydrogen) atoms. The van der Waals surface area contributed by atoms with Crippen LogP contribution in [-0.2, 0) is 10.8 Å². The molecule has 0 aliphatic rings. The molecule has 1 N–H and O–H groups in total. The van der Waals surface area contributed by atoms with Gasteiger partial charge in [-0.3, -0.25) is 18.0 Å². The minimum absolute atomic E-state index is 0. The number of rotatable bonds is 4. The van der Waals surface area contributed by atoms with Gasteiger partial charge in [0.1, 0.15) is 20.1 Å². The summed E-state index contributed by atoms with van der Waals surface area (Å²) in [5.74, 6) is 2.15. The summed E-state index contributed by atoms with van der Waals surface area (Å²) in [7, 11) is 0.434. The zero-order valence-electron chi connectivity index (χ0n) is 12.5. The molecule has 0 rings (SSSR count). The molecule has 10 heteroatoms.